The molecule has 0 saturated heterocycles. The van der Waals surface area contributed by atoms with Crippen molar-refractivity contribution in [2.75, 3.05) is 7.11 Å². The largest absolute Gasteiger partial charge is 0.496 e. The number of ether oxygens (including phenoxy) is 1. The number of hydrogen-bond donors (Lipinski definition) is 0. The fourth-order valence-corrected chi connectivity index (χ4v) is 1.99. The van der Waals surface area contributed by atoms with Gasteiger partial charge in [-0.3, -0.25) is 4.98 Å². The van der Waals surface area contributed by atoms with Crippen molar-refractivity contribution in [2.45, 2.75) is 0 Å². The number of para-hydroxylation sites is 1. The molecule has 106 valence electrons. The van der Waals surface area contributed by atoms with Gasteiger partial charge in [0.2, 0.25) is 0 Å². The van der Waals surface area contributed by atoms with Crippen molar-refractivity contribution in [1.29, 1.82) is 0 Å². The van der Waals surface area contributed by atoms with E-state index in [4.69, 9.17) is 4.74 Å². The third-order valence-electron chi connectivity index (χ3n) is 2.68. The van der Waals surface area contributed by atoms with Crippen molar-refractivity contribution in [3.63, 3.8) is 0 Å². The lowest BCUT2D eigenvalue weighted by molar-refractivity contribution is 0.416. The van der Waals surface area contributed by atoms with Crippen LogP contribution in [0.1, 0.15) is 0 Å². The van der Waals surface area contributed by atoms with Crippen LogP contribution in [0.25, 0.3) is 11.3 Å². The van der Waals surface area contributed by atoms with E-state index >= 15 is 0 Å². The maximum Gasteiger partial charge on any atom is 0.128 e. The zero-order valence-corrected chi connectivity index (χ0v) is 13.2. The molecule has 0 spiro atoms. The van der Waals surface area contributed by atoms with Crippen LogP contribution in [0.4, 0.5) is 0 Å². The van der Waals surface area contributed by atoms with Gasteiger partial charge in [-0.1, -0.05) is 24.3 Å². The summed E-state index contributed by atoms with van der Waals surface area (Å²) in [6.07, 6.45) is 3.52. The zero-order valence-electron chi connectivity index (χ0n) is 11.6. The van der Waals surface area contributed by atoms with E-state index in [1.54, 1.807) is 19.5 Å². The molecule has 2 heterocycles. The molecule has 0 bridgehead atoms. The van der Waals surface area contributed by atoms with Gasteiger partial charge in [0.05, 0.1) is 12.8 Å². The fraction of sp³-hybridized carbons (Fsp3) is 0.0588. The van der Waals surface area contributed by atoms with E-state index in [-0.39, 0.29) is 0 Å². The summed E-state index contributed by atoms with van der Waals surface area (Å²) < 4.78 is 6.14. The van der Waals surface area contributed by atoms with Crippen LogP contribution in [0, 0.1) is 0 Å². The van der Waals surface area contributed by atoms with Gasteiger partial charge in [-0.25, -0.2) is 4.98 Å². The Morgan fingerprint density at radius 2 is 1.48 bits per heavy atom. The predicted octanol–water partition coefficient (Wildman–Crippen LogP) is 4.60. The summed E-state index contributed by atoms with van der Waals surface area (Å²) in [6, 6.07) is 19.4. The average molecular weight is 343 g/mol. The Hall–Kier alpha value is -2.20. The van der Waals surface area contributed by atoms with Gasteiger partial charge in [-0.15, -0.1) is 0 Å². The van der Waals surface area contributed by atoms with Gasteiger partial charge < -0.3 is 4.74 Å². The van der Waals surface area contributed by atoms with Crippen LogP contribution < -0.4 is 4.74 Å². The molecule has 0 aliphatic rings. The molecular weight excluding hydrogens is 328 g/mol. The quantitative estimate of drug-likeness (QED) is 0.638. The van der Waals surface area contributed by atoms with Gasteiger partial charge in [0.25, 0.3) is 0 Å². The molecule has 0 atom stereocenters. The Kier molecular flexibility index (Phi) is 5.91. The van der Waals surface area contributed by atoms with Crippen molar-refractivity contribution in [2.24, 2.45) is 0 Å². The second kappa shape index (κ2) is 8.17. The van der Waals surface area contributed by atoms with Crippen LogP contribution in [0.5, 0.6) is 5.75 Å². The van der Waals surface area contributed by atoms with E-state index in [1.165, 1.54) is 0 Å². The van der Waals surface area contributed by atoms with Crippen molar-refractivity contribution >= 4 is 15.9 Å². The van der Waals surface area contributed by atoms with E-state index < -0.39 is 0 Å². The van der Waals surface area contributed by atoms with Crippen LogP contribution in [0.15, 0.2) is 77.7 Å². The van der Waals surface area contributed by atoms with Crippen LogP contribution in [-0.4, -0.2) is 17.1 Å². The number of pyridine rings is 2. The van der Waals surface area contributed by atoms with Crippen LogP contribution in [0.3, 0.4) is 0 Å². The van der Waals surface area contributed by atoms with Gasteiger partial charge in [0.1, 0.15) is 10.4 Å². The molecule has 3 rings (SSSR count). The molecule has 2 aromatic heterocycles. The van der Waals surface area contributed by atoms with Crippen LogP contribution in [0.2, 0.25) is 0 Å². The number of methoxy groups -OCH3 is 1. The summed E-state index contributed by atoms with van der Waals surface area (Å²) in [5.41, 5.74) is 1.96. The van der Waals surface area contributed by atoms with E-state index in [9.17, 15) is 0 Å². The van der Waals surface area contributed by atoms with E-state index in [1.807, 2.05) is 60.7 Å². The van der Waals surface area contributed by atoms with E-state index in [2.05, 4.69) is 25.9 Å². The highest BCUT2D eigenvalue weighted by Gasteiger charge is 2.03. The van der Waals surface area contributed by atoms with Gasteiger partial charge in [0.15, 0.2) is 0 Å². The molecule has 0 unspecified atom stereocenters. The van der Waals surface area contributed by atoms with E-state index in [0.29, 0.717) is 0 Å². The maximum atomic E-state index is 5.26. The van der Waals surface area contributed by atoms with Crippen LogP contribution in [-0.2, 0) is 0 Å². The van der Waals surface area contributed by atoms with E-state index in [0.717, 1.165) is 21.6 Å². The number of halogens is 1. The molecule has 0 fully saturated rings. The smallest absolute Gasteiger partial charge is 0.128 e. The molecule has 0 aliphatic carbocycles. The zero-order chi connectivity index (χ0) is 14.9. The third kappa shape index (κ3) is 4.68. The number of nitrogens with zero attached hydrogens (tertiary/aromatic N) is 2. The molecule has 3 aromatic rings. The van der Waals surface area contributed by atoms with Crippen molar-refractivity contribution in [3.8, 4) is 17.0 Å². The first kappa shape index (κ1) is 15.2. The summed E-state index contributed by atoms with van der Waals surface area (Å²) in [5.74, 6) is 0.853. The van der Waals surface area contributed by atoms with Gasteiger partial charge >= 0.3 is 0 Å². The van der Waals surface area contributed by atoms with Crippen molar-refractivity contribution in [3.05, 3.63) is 77.7 Å². The van der Waals surface area contributed by atoms with Crippen LogP contribution >= 0.6 is 15.9 Å². The topological polar surface area (TPSA) is 35.0 Å². The second-order valence-electron chi connectivity index (χ2n) is 4.07. The monoisotopic (exact) mass is 342 g/mol. The molecule has 0 N–H and O–H groups in total. The molecule has 21 heavy (non-hydrogen) atoms. The summed E-state index contributed by atoms with van der Waals surface area (Å²) in [7, 11) is 1.67. The van der Waals surface area contributed by atoms with Crippen molar-refractivity contribution in [1.82, 2.24) is 9.97 Å². The first-order chi connectivity index (χ1) is 10.3. The summed E-state index contributed by atoms with van der Waals surface area (Å²) in [6.45, 7) is 0. The molecular formula is C17H15BrN2O. The van der Waals surface area contributed by atoms with Gasteiger partial charge in [-0.05, 0) is 52.3 Å². The summed E-state index contributed by atoms with van der Waals surface area (Å²) >= 11 is 3.20. The highest BCUT2D eigenvalue weighted by Crippen LogP contribution is 2.27. The Morgan fingerprint density at radius 3 is 2.00 bits per heavy atom. The first-order valence-corrected chi connectivity index (χ1v) is 7.21. The standard InChI is InChI=1S/C12H11NO.C5H4BrN/c1-14-12-8-3-2-6-10(12)11-7-4-5-9-13-11;6-5-3-1-2-4-7-5/h2-9H,1H3;1-4H. The summed E-state index contributed by atoms with van der Waals surface area (Å²) in [4.78, 5) is 8.17. The fourth-order valence-electron chi connectivity index (χ4n) is 1.72. The summed E-state index contributed by atoms with van der Waals surface area (Å²) in [5, 5.41) is 0. The lowest BCUT2D eigenvalue weighted by atomic mass is 10.1. The Bertz CT molecular complexity index is 660. The minimum atomic E-state index is 0.853. The molecule has 0 amide bonds. The minimum Gasteiger partial charge on any atom is -0.496 e. The second-order valence-corrected chi connectivity index (χ2v) is 4.88. The first-order valence-electron chi connectivity index (χ1n) is 6.42. The maximum absolute atomic E-state index is 5.26. The molecule has 1 aromatic carbocycles. The van der Waals surface area contributed by atoms with Gasteiger partial charge in [0, 0.05) is 18.0 Å². The third-order valence-corrected chi connectivity index (χ3v) is 3.15. The molecule has 0 saturated carbocycles. The Labute approximate surface area is 132 Å². The number of rotatable bonds is 2. The number of aromatic nitrogens is 2. The lowest BCUT2D eigenvalue weighted by Gasteiger charge is -2.06. The molecule has 4 heteroatoms. The highest BCUT2D eigenvalue weighted by atomic mass is 79.9. The minimum absolute atomic E-state index is 0.853. The number of benzene rings is 1. The normalized spacial score (nSPS) is 9.43. The molecule has 0 aliphatic heterocycles. The van der Waals surface area contributed by atoms with Gasteiger partial charge in [-0.2, -0.15) is 0 Å². The molecule has 0 radical (unpaired) electrons. The Balaban J connectivity index is 0.000000194. The average Bonchev–Trinajstić information content (AvgIpc) is 2.57. The predicted molar refractivity (Wildman–Crippen MR) is 88.2 cm³/mol. The SMILES string of the molecule is Brc1ccccn1.COc1ccccc1-c1ccccn1. The lowest BCUT2D eigenvalue weighted by Crippen LogP contribution is -1.88. The van der Waals surface area contributed by atoms with Crippen molar-refractivity contribution < 1.29 is 4.74 Å². The highest BCUT2D eigenvalue weighted by molar-refractivity contribution is 9.10. The molecule has 3 nitrogen and oxygen atoms in total. The number of hydrogen-bond acceptors (Lipinski definition) is 3. The Morgan fingerprint density at radius 1 is 0.810 bits per heavy atom.